The van der Waals surface area contributed by atoms with Gasteiger partial charge < -0.3 is 10.2 Å². The minimum absolute atomic E-state index is 0.0274. The molecule has 0 radical (unpaired) electrons. The van der Waals surface area contributed by atoms with Gasteiger partial charge in [0.25, 0.3) is 0 Å². The molecular weight excluding hydrogens is 291 g/mol. The Morgan fingerprint density at radius 3 is 2.50 bits per heavy atom. The van der Waals surface area contributed by atoms with Gasteiger partial charge in [0, 0.05) is 17.1 Å². The summed E-state index contributed by atoms with van der Waals surface area (Å²) in [6, 6.07) is 2.36. The molecule has 0 spiro atoms. The first kappa shape index (κ1) is 13.4. The van der Waals surface area contributed by atoms with Gasteiger partial charge in [-0.15, -0.1) is 0 Å². The van der Waals surface area contributed by atoms with Gasteiger partial charge in [0.1, 0.15) is 11.8 Å². The highest BCUT2D eigenvalue weighted by Crippen LogP contribution is 2.33. The lowest BCUT2D eigenvalue weighted by molar-refractivity contribution is -0.143. The number of aromatic nitrogens is 1. The summed E-state index contributed by atoms with van der Waals surface area (Å²) >= 11 is 2.88. The monoisotopic (exact) mass is 299 g/mol. The largest absolute Gasteiger partial charge is 0.433 e. The summed E-state index contributed by atoms with van der Waals surface area (Å²) in [5, 5.41) is 18.8. The van der Waals surface area contributed by atoms with E-state index >= 15 is 0 Å². The van der Waals surface area contributed by atoms with Gasteiger partial charge in [-0.1, -0.05) is 22.0 Å². The van der Waals surface area contributed by atoms with Crippen molar-refractivity contribution < 1.29 is 23.4 Å². The van der Waals surface area contributed by atoms with Crippen LogP contribution in [-0.4, -0.2) is 26.6 Å². The number of hydrogen-bond acceptors (Lipinski definition) is 3. The summed E-state index contributed by atoms with van der Waals surface area (Å²) in [4.78, 5) is 3.18. The molecule has 16 heavy (non-hydrogen) atoms. The highest BCUT2D eigenvalue weighted by Gasteiger charge is 2.37. The van der Waals surface area contributed by atoms with Crippen LogP contribution >= 0.6 is 15.9 Å². The average Bonchev–Trinajstić information content (AvgIpc) is 2.26. The molecule has 0 bridgehead atoms. The summed E-state index contributed by atoms with van der Waals surface area (Å²) in [6.45, 7) is 0. The zero-order valence-corrected chi connectivity index (χ0v) is 9.53. The Morgan fingerprint density at radius 1 is 1.38 bits per heavy atom. The van der Waals surface area contributed by atoms with Crippen LogP contribution in [0.25, 0.3) is 0 Å². The molecule has 0 amide bonds. The quantitative estimate of drug-likeness (QED) is 0.838. The predicted molar refractivity (Wildman–Crippen MR) is 54.0 cm³/mol. The van der Waals surface area contributed by atoms with Crippen LogP contribution in [0.15, 0.2) is 18.3 Å². The lowest BCUT2D eigenvalue weighted by Crippen LogP contribution is -2.23. The second-order valence-electron chi connectivity index (χ2n) is 3.11. The molecule has 0 aliphatic rings. The van der Waals surface area contributed by atoms with Crippen molar-refractivity contribution >= 4 is 15.9 Å². The van der Waals surface area contributed by atoms with Gasteiger partial charge in [-0.25, -0.2) is 0 Å². The summed E-state index contributed by atoms with van der Waals surface area (Å²) < 4.78 is 37.5. The van der Waals surface area contributed by atoms with Crippen LogP contribution in [0.5, 0.6) is 0 Å². The van der Waals surface area contributed by atoms with Gasteiger partial charge in [0.2, 0.25) is 0 Å². The Hall–Kier alpha value is -0.660. The summed E-state index contributed by atoms with van der Waals surface area (Å²) in [5.41, 5.74) is -1.61. The maximum Gasteiger partial charge on any atom is 0.433 e. The van der Waals surface area contributed by atoms with Gasteiger partial charge >= 0.3 is 6.18 Å². The van der Waals surface area contributed by atoms with Crippen LogP contribution in [0, 0.1) is 0 Å². The number of pyridine rings is 1. The van der Waals surface area contributed by atoms with E-state index in [1.165, 1.54) is 6.07 Å². The average molecular weight is 300 g/mol. The predicted octanol–water partition coefficient (Wildman–Crippen LogP) is 1.89. The fourth-order valence-electron chi connectivity index (χ4n) is 1.18. The maximum atomic E-state index is 12.5. The Bertz CT molecular complexity index is 359. The lowest BCUT2D eigenvalue weighted by atomic mass is 10.0. The van der Waals surface area contributed by atoms with Crippen LogP contribution in [-0.2, 0) is 6.18 Å². The van der Waals surface area contributed by atoms with Crippen LogP contribution in [0.4, 0.5) is 13.2 Å². The third-order valence-electron chi connectivity index (χ3n) is 1.95. The molecule has 2 N–H and O–H groups in total. The molecule has 1 aromatic rings. The van der Waals surface area contributed by atoms with E-state index in [-0.39, 0.29) is 5.33 Å². The van der Waals surface area contributed by atoms with E-state index in [0.717, 1.165) is 12.3 Å². The molecule has 0 fully saturated rings. The molecule has 0 aliphatic heterocycles. The van der Waals surface area contributed by atoms with E-state index in [1.807, 2.05) is 0 Å². The van der Waals surface area contributed by atoms with E-state index in [0.29, 0.717) is 0 Å². The molecule has 0 aliphatic carbocycles. The van der Waals surface area contributed by atoms with Crippen molar-refractivity contribution in [3.8, 4) is 0 Å². The second-order valence-corrected chi connectivity index (χ2v) is 3.75. The second kappa shape index (κ2) is 5.11. The van der Waals surface area contributed by atoms with E-state index in [4.69, 9.17) is 0 Å². The fraction of sp³-hybridized carbons (Fsp3) is 0.444. The highest BCUT2D eigenvalue weighted by molar-refractivity contribution is 9.09. The van der Waals surface area contributed by atoms with Crippen LogP contribution < -0.4 is 0 Å². The first-order valence-electron chi connectivity index (χ1n) is 4.32. The standard InChI is InChI=1S/C9H9BrF3NO2/c10-4-6(15)7(16)5-2-1-3-14-8(5)9(11,12)13/h1-3,6-7,15-16H,4H2. The van der Waals surface area contributed by atoms with Crippen LogP contribution in [0.2, 0.25) is 0 Å². The zero-order valence-electron chi connectivity index (χ0n) is 7.95. The third-order valence-corrected chi connectivity index (χ3v) is 2.61. The van der Waals surface area contributed by atoms with Gasteiger partial charge in [-0.2, -0.15) is 13.2 Å². The van der Waals surface area contributed by atoms with Crippen molar-refractivity contribution in [2.24, 2.45) is 0 Å². The summed E-state index contributed by atoms with van der Waals surface area (Å²) in [7, 11) is 0. The van der Waals surface area contributed by atoms with Crippen LogP contribution in [0.1, 0.15) is 17.4 Å². The van der Waals surface area contributed by atoms with Crippen LogP contribution in [0.3, 0.4) is 0 Å². The molecule has 0 saturated carbocycles. The normalized spacial score (nSPS) is 15.9. The Kier molecular flexibility index (Phi) is 4.28. The van der Waals surface area contributed by atoms with E-state index < -0.39 is 29.6 Å². The molecule has 2 unspecified atom stereocenters. The van der Waals surface area contributed by atoms with E-state index in [1.54, 1.807) is 0 Å². The first-order chi connectivity index (χ1) is 7.38. The number of alkyl halides is 4. The van der Waals surface area contributed by atoms with Crippen molar-refractivity contribution in [1.29, 1.82) is 0 Å². The van der Waals surface area contributed by atoms with Gasteiger partial charge in [0.05, 0.1) is 6.10 Å². The molecule has 3 nitrogen and oxygen atoms in total. The number of aliphatic hydroxyl groups is 2. The fourth-order valence-corrected chi connectivity index (χ4v) is 1.54. The van der Waals surface area contributed by atoms with E-state index in [2.05, 4.69) is 20.9 Å². The number of hydrogen-bond donors (Lipinski definition) is 2. The van der Waals surface area contributed by atoms with Crippen molar-refractivity contribution in [3.63, 3.8) is 0 Å². The smallest absolute Gasteiger partial charge is 0.389 e. The minimum atomic E-state index is -4.65. The van der Waals surface area contributed by atoms with Gasteiger partial charge in [-0.05, 0) is 6.07 Å². The van der Waals surface area contributed by atoms with Crippen molar-refractivity contribution in [2.75, 3.05) is 5.33 Å². The SMILES string of the molecule is OC(CBr)C(O)c1cccnc1C(F)(F)F. The summed E-state index contributed by atoms with van der Waals surface area (Å²) in [5.74, 6) is 0. The topological polar surface area (TPSA) is 53.4 Å². The molecule has 7 heteroatoms. The van der Waals surface area contributed by atoms with Crippen molar-refractivity contribution in [1.82, 2.24) is 4.98 Å². The molecule has 1 heterocycles. The van der Waals surface area contributed by atoms with Crippen molar-refractivity contribution in [3.05, 3.63) is 29.6 Å². The maximum absolute atomic E-state index is 12.5. The third kappa shape index (κ3) is 2.93. The number of aliphatic hydroxyl groups excluding tert-OH is 2. The number of nitrogens with zero attached hydrogens (tertiary/aromatic N) is 1. The molecule has 2 atom stereocenters. The summed E-state index contributed by atoms with van der Waals surface area (Å²) in [6.07, 6.45) is -6.60. The molecule has 0 aromatic carbocycles. The van der Waals surface area contributed by atoms with E-state index in [9.17, 15) is 23.4 Å². The number of halogens is 4. The molecule has 90 valence electrons. The zero-order chi connectivity index (χ0) is 12.3. The van der Waals surface area contributed by atoms with Gasteiger partial charge in [-0.3, -0.25) is 4.98 Å². The lowest BCUT2D eigenvalue weighted by Gasteiger charge is -2.19. The molecule has 1 aromatic heterocycles. The molecular formula is C9H9BrF3NO2. The Morgan fingerprint density at radius 2 is 2.00 bits per heavy atom. The Balaban J connectivity index is 3.13. The Labute approximate surface area is 98.1 Å². The van der Waals surface area contributed by atoms with Crippen molar-refractivity contribution in [2.45, 2.75) is 18.4 Å². The first-order valence-corrected chi connectivity index (χ1v) is 5.44. The molecule has 1 rings (SSSR count). The minimum Gasteiger partial charge on any atom is -0.389 e. The highest BCUT2D eigenvalue weighted by atomic mass is 79.9. The molecule has 0 saturated heterocycles. The number of rotatable bonds is 3. The van der Waals surface area contributed by atoms with Gasteiger partial charge in [0.15, 0.2) is 0 Å².